The number of non-ortho nitro benzene ring substituents is 1. The lowest BCUT2D eigenvalue weighted by atomic mass is 10.2. The molecule has 7 nitrogen and oxygen atoms in total. The third-order valence-electron chi connectivity index (χ3n) is 3.48. The Morgan fingerprint density at radius 2 is 2.07 bits per heavy atom. The standard InChI is InChI=1S/C18H14N2O5S2/c1-2-25-18(22)15-16(21)14(10-13-4-3-9-26-13)27-17(15)19-11-5-7-12(8-6-11)20(23)24/h3-10,21H,2H2,1H3/b14-10+,19-17?. The summed E-state index contributed by atoms with van der Waals surface area (Å²) in [7, 11) is 0. The van der Waals surface area contributed by atoms with Gasteiger partial charge in [0, 0.05) is 17.0 Å². The van der Waals surface area contributed by atoms with Crippen molar-refractivity contribution in [2.75, 3.05) is 6.61 Å². The molecule has 0 unspecified atom stereocenters. The molecule has 1 aliphatic rings. The van der Waals surface area contributed by atoms with Gasteiger partial charge in [-0.3, -0.25) is 10.1 Å². The van der Waals surface area contributed by atoms with Gasteiger partial charge in [0.1, 0.15) is 16.4 Å². The molecule has 27 heavy (non-hydrogen) atoms. The molecule has 0 bridgehead atoms. The summed E-state index contributed by atoms with van der Waals surface area (Å²) < 4.78 is 5.03. The first-order chi connectivity index (χ1) is 13.0. The number of aliphatic imine (C=N–C) groups is 1. The molecule has 0 spiro atoms. The zero-order valence-electron chi connectivity index (χ0n) is 14.1. The maximum atomic E-state index is 12.3. The van der Waals surface area contributed by atoms with Crippen molar-refractivity contribution in [3.63, 3.8) is 0 Å². The molecular weight excluding hydrogens is 388 g/mol. The summed E-state index contributed by atoms with van der Waals surface area (Å²) in [5.41, 5.74) is 0.360. The average Bonchev–Trinajstić information content (AvgIpc) is 3.24. The minimum atomic E-state index is -0.669. The lowest BCUT2D eigenvalue weighted by molar-refractivity contribution is -0.384. The van der Waals surface area contributed by atoms with E-state index in [1.54, 1.807) is 13.0 Å². The van der Waals surface area contributed by atoms with Gasteiger partial charge in [-0.25, -0.2) is 9.79 Å². The minimum absolute atomic E-state index is 0.0111. The zero-order valence-corrected chi connectivity index (χ0v) is 15.8. The van der Waals surface area contributed by atoms with Gasteiger partial charge in [0.25, 0.3) is 5.69 Å². The van der Waals surface area contributed by atoms with E-state index in [1.165, 1.54) is 35.6 Å². The van der Waals surface area contributed by atoms with E-state index in [2.05, 4.69) is 4.99 Å². The summed E-state index contributed by atoms with van der Waals surface area (Å²) >= 11 is 2.64. The van der Waals surface area contributed by atoms with Gasteiger partial charge in [0.2, 0.25) is 0 Å². The third-order valence-corrected chi connectivity index (χ3v) is 5.32. The first-order valence-corrected chi connectivity index (χ1v) is 9.56. The van der Waals surface area contributed by atoms with E-state index in [0.29, 0.717) is 10.6 Å². The molecule has 0 aliphatic carbocycles. The van der Waals surface area contributed by atoms with E-state index in [9.17, 15) is 20.0 Å². The second-order valence-electron chi connectivity index (χ2n) is 5.26. The Balaban J connectivity index is 2.00. The number of rotatable bonds is 5. The number of carbonyl (C=O) groups is 1. The normalized spacial score (nSPS) is 16.9. The highest BCUT2D eigenvalue weighted by Crippen LogP contribution is 2.40. The van der Waals surface area contributed by atoms with Crippen molar-refractivity contribution in [3.05, 3.63) is 73.0 Å². The van der Waals surface area contributed by atoms with Crippen LogP contribution in [0.1, 0.15) is 11.8 Å². The number of aliphatic hydroxyl groups is 1. The molecule has 1 N–H and O–H groups in total. The van der Waals surface area contributed by atoms with Gasteiger partial charge < -0.3 is 9.84 Å². The lowest BCUT2D eigenvalue weighted by Gasteiger charge is -2.03. The van der Waals surface area contributed by atoms with Gasteiger partial charge in [0.15, 0.2) is 0 Å². The van der Waals surface area contributed by atoms with Crippen LogP contribution in [0.2, 0.25) is 0 Å². The smallest absolute Gasteiger partial charge is 0.344 e. The van der Waals surface area contributed by atoms with Crippen molar-refractivity contribution in [1.29, 1.82) is 0 Å². The molecule has 0 atom stereocenters. The molecule has 0 fully saturated rings. The summed E-state index contributed by atoms with van der Waals surface area (Å²) in [6.45, 7) is 1.84. The largest absolute Gasteiger partial charge is 0.506 e. The van der Waals surface area contributed by atoms with Gasteiger partial charge in [0.05, 0.1) is 22.1 Å². The molecule has 0 amide bonds. The van der Waals surface area contributed by atoms with Crippen LogP contribution in [-0.4, -0.2) is 27.6 Å². The predicted octanol–water partition coefficient (Wildman–Crippen LogP) is 4.85. The number of nitrogens with zero attached hydrogens (tertiary/aromatic N) is 2. The molecule has 3 rings (SSSR count). The van der Waals surface area contributed by atoms with Gasteiger partial charge in [-0.1, -0.05) is 17.8 Å². The van der Waals surface area contributed by atoms with E-state index in [0.717, 1.165) is 16.6 Å². The number of benzene rings is 1. The number of carbonyl (C=O) groups excluding carboxylic acids is 1. The molecule has 138 valence electrons. The molecule has 1 aliphatic heterocycles. The molecule has 2 aromatic rings. The second-order valence-corrected chi connectivity index (χ2v) is 7.27. The highest BCUT2D eigenvalue weighted by atomic mass is 32.2. The van der Waals surface area contributed by atoms with Crippen molar-refractivity contribution in [1.82, 2.24) is 0 Å². The van der Waals surface area contributed by atoms with Crippen LogP contribution in [0.5, 0.6) is 0 Å². The summed E-state index contributed by atoms with van der Waals surface area (Å²) in [6.07, 6.45) is 1.77. The summed E-state index contributed by atoms with van der Waals surface area (Å²) in [4.78, 5) is 28.3. The number of nitro benzene ring substituents is 1. The Kier molecular flexibility index (Phi) is 5.72. The maximum Gasteiger partial charge on any atom is 0.344 e. The van der Waals surface area contributed by atoms with E-state index in [1.807, 2.05) is 17.5 Å². The van der Waals surface area contributed by atoms with E-state index in [-0.39, 0.29) is 28.7 Å². The quantitative estimate of drug-likeness (QED) is 0.436. The van der Waals surface area contributed by atoms with Crippen molar-refractivity contribution in [2.45, 2.75) is 6.92 Å². The van der Waals surface area contributed by atoms with Gasteiger partial charge >= 0.3 is 5.97 Å². The van der Waals surface area contributed by atoms with Crippen molar-refractivity contribution >= 4 is 51.6 Å². The number of thiophene rings is 1. The van der Waals surface area contributed by atoms with Crippen LogP contribution in [0.25, 0.3) is 6.08 Å². The summed E-state index contributed by atoms with van der Waals surface area (Å²) in [6, 6.07) is 9.39. The highest BCUT2D eigenvalue weighted by molar-refractivity contribution is 8.18. The number of hydrogen-bond acceptors (Lipinski definition) is 8. The fourth-order valence-corrected chi connectivity index (χ4v) is 4.02. The lowest BCUT2D eigenvalue weighted by Crippen LogP contribution is -2.12. The number of thioether (sulfide) groups is 1. The minimum Gasteiger partial charge on any atom is -0.506 e. The topological polar surface area (TPSA) is 102 Å². The first-order valence-electron chi connectivity index (χ1n) is 7.87. The van der Waals surface area contributed by atoms with Gasteiger partial charge in [-0.2, -0.15) is 0 Å². The van der Waals surface area contributed by atoms with Crippen LogP contribution in [0.15, 0.2) is 63.0 Å². The number of aliphatic hydroxyl groups excluding tert-OH is 1. The average molecular weight is 402 g/mol. The van der Waals surface area contributed by atoms with Crippen molar-refractivity contribution in [3.8, 4) is 0 Å². The molecule has 2 heterocycles. The van der Waals surface area contributed by atoms with Crippen molar-refractivity contribution in [2.24, 2.45) is 4.99 Å². The number of esters is 1. The van der Waals surface area contributed by atoms with Crippen LogP contribution in [0, 0.1) is 10.1 Å². The zero-order chi connectivity index (χ0) is 19.4. The van der Waals surface area contributed by atoms with Crippen LogP contribution in [-0.2, 0) is 9.53 Å². The number of nitro groups is 1. The van der Waals surface area contributed by atoms with Crippen LogP contribution in [0.4, 0.5) is 11.4 Å². The van der Waals surface area contributed by atoms with E-state index < -0.39 is 10.9 Å². The molecule has 1 aromatic heterocycles. The van der Waals surface area contributed by atoms with E-state index in [4.69, 9.17) is 4.74 Å². The van der Waals surface area contributed by atoms with E-state index >= 15 is 0 Å². The monoisotopic (exact) mass is 402 g/mol. The first kappa shape index (κ1) is 18.9. The molecule has 0 saturated carbocycles. The Morgan fingerprint density at radius 3 is 2.67 bits per heavy atom. The Labute approximate surface area is 162 Å². The Morgan fingerprint density at radius 1 is 1.33 bits per heavy atom. The van der Waals surface area contributed by atoms with Gasteiger partial charge in [-0.15, -0.1) is 11.3 Å². The molecule has 0 saturated heterocycles. The second kappa shape index (κ2) is 8.19. The van der Waals surface area contributed by atoms with Crippen molar-refractivity contribution < 1.29 is 19.6 Å². The third kappa shape index (κ3) is 4.26. The fourth-order valence-electron chi connectivity index (χ4n) is 2.26. The number of ether oxygens (including phenoxy) is 1. The maximum absolute atomic E-state index is 12.3. The van der Waals surface area contributed by atoms with Crippen LogP contribution < -0.4 is 0 Å². The SMILES string of the molecule is CCOC(=O)C1=C(O)/C(=C\c2cccs2)SC1=Nc1ccc([N+](=O)[O-])cc1. The molecular formula is C18H14N2O5S2. The summed E-state index contributed by atoms with van der Waals surface area (Å²) in [5, 5.41) is 23.5. The molecule has 9 heteroatoms. The molecule has 0 radical (unpaired) electrons. The van der Waals surface area contributed by atoms with Gasteiger partial charge in [-0.05, 0) is 36.6 Å². The Hall–Kier alpha value is -2.91. The van der Waals surface area contributed by atoms with Crippen LogP contribution >= 0.6 is 23.1 Å². The van der Waals surface area contributed by atoms with Crippen LogP contribution in [0.3, 0.4) is 0 Å². The number of hydrogen-bond donors (Lipinski definition) is 1. The summed E-state index contributed by atoms with van der Waals surface area (Å²) in [5.74, 6) is -0.856. The predicted molar refractivity (Wildman–Crippen MR) is 106 cm³/mol. The highest BCUT2D eigenvalue weighted by Gasteiger charge is 2.33. The molecule has 1 aromatic carbocycles. The fraction of sp³-hybridized carbons (Fsp3) is 0.111. The Bertz CT molecular complexity index is 960.